The van der Waals surface area contributed by atoms with E-state index in [-0.39, 0.29) is 0 Å². The minimum absolute atomic E-state index is 0.609. The number of nitrogens with zero attached hydrogens (tertiary/aromatic N) is 2. The Morgan fingerprint density at radius 1 is 0.386 bits per heavy atom. The van der Waals surface area contributed by atoms with Crippen LogP contribution >= 0.6 is 0 Å². The van der Waals surface area contributed by atoms with Gasteiger partial charge in [-0.25, -0.2) is 9.97 Å². The summed E-state index contributed by atoms with van der Waals surface area (Å²) in [5.41, 5.74) is 8.68. The first-order chi connectivity index (χ1) is 21.8. The zero-order valence-electron chi connectivity index (χ0n) is 24.0. The second kappa shape index (κ2) is 10.8. The summed E-state index contributed by atoms with van der Waals surface area (Å²) in [4.78, 5) is 10.3. The number of rotatable bonds is 5. The molecule has 0 N–H and O–H groups in total. The van der Waals surface area contributed by atoms with E-state index in [0.29, 0.717) is 5.82 Å². The van der Waals surface area contributed by atoms with Gasteiger partial charge in [0.1, 0.15) is 11.5 Å². The maximum Gasteiger partial charge on any atom is 0.160 e. The molecule has 3 heteroatoms. The van der Waals surface area contributed by atoms with Crippen LogP contribution in [0.5, 0.6) is 11.5 Å². The molecule has 1 aliphatic rings. The van der Waals surface area contributed by atoms with Crippen molar-refractivity contribution in [1.29, 1.82) is 0 Å². The molecule has 208 valence electrons. The van der Waals surface area contributed by atoms with Gasteiger partial charge in [-0.15, -0.1) is 0 Å². The van der Waals surface area contributed by atoms with Gasteiger partial charge in [0, 0.05) is 27.8 Å². The van der Waals surface area contributed by atoms with E-state index in [1.165, 1.54) is 11.1 Å². The molecule has 6 aromatic carbocycles. The van der Waals surface area contributed by atoms with E-state index in [4.69, 9.17) is 14.7 Å². The number of benzene rings is 6. The normalized spacial score (nSPS) is 12.9. The second-order valence-corrected chi connectivity index (χ2v) is 11.0. The molecule has 3 nitrogen and oxygen atoms in total. The average molecular weight is 565 g/mol. The number of hydrogen-bond donors (Lipinski definition) is 0. The van der Waals surface area contributed by atoms with Gasteiger partial charge in [-0.1, -0.05) is 140 Å². The zero-order chi connectivity index (χ0) is 29.3. The van der Waals surface area contributed by atoms with Crippen LogP contribution in [0.4, 0.5) is 0 Å². The first kappa shape index (κ1) is 25.9. The highest BCUT2D eigenvalue weighted by atomic mass is 16.5. The molecule has 0 radical (unpaired) electrons. The van der Waals surface area contributed by atoms with Gasteiger partial charge in [-0.05, 0) is 41.5 Å². The first-order valence-electron chi connectivity index (χ1n) is 14.8. The van der Waals surface area contributed by atoms with E-state index in [2.05, 4.69) is 127 Å². The van der Waals surface area contributed by atoms with Crippen LogP contribution in [-0.4, -0.2) is 9.97 Å². The molecule has 0 saturated heterocycles. The van der Waals surface area contributed by atoms with Gasteiger partial charge in [0.2, 0.25) is 0 Å². The van der Waals surface area contributed by atoms with Crippen LogP contribution in [0.1, 0.15) is 22.3 Å². The Labute approximate surface area is 257 Å². The van der Waals surface area contributed by atoms with Crippen molar-refractivity contribution in [2.24, 2.45) is 0 Å². The van der Waals surface area contributed by atoms with E-state index in [1.807, 2.05) is 42.5 Å². The summed E-state index contributed by atoms with van der Waals surface area (Å²) in [6, 6.07) is 58.8. The summed E-state index contributed by atoms with van der Waals surface area (Å²) in [6.07, 6.45) is 0. The van der Waals surface area contributed by atoms with Crippen LogP contribution in [0.2, 0.25) is 0 Å². The molecule has 0 bridgehead atoms. The molecule has 44 heavy (non-hydrogen) atoms. The molecular formula is C41H28N2O. The van der Waals surface area contributed by atoms with Gasteiger partial charge in [0.25, 0.3) is 0 Å². The maximum atomic E-state index is 6.61. The van der Waals surface area contributed by atoms with Gasteiger partial charge in [0.15, 0.2) is 5.82 Å². The van der Waals surface area contributed by atoms with Crippen LogP contribution in [0.3, 0.4) is 0 Å². The molecule has 0 saturated carbocycles. The molecule has 1 aliphatic heterocycles. The molecule has 0 fully saturated rings. The molecule has 8 rings (SSSR count). The predicted molar refractivity (Wildman–Crippen MR) is 177 cm³/mol. The molecular weight excluding hydrogens is 536 g/mol. The van der Waals surface area contributed by atoms with Gasteiger partial charge >= 0.3 is 0 Å². The maximum absolute atomic E-state index is 6.61. The fourth-order valence-electron chi connectivity index (χ4n) is 6.44. The second-order valence-electron chi connectivity index (χ2n) is 11.0. The minimum Gasteiger partial charge on any atom is -0.457 e. The van der Waals surface area contributed by atoms with Gasteiger partial charge in [-0.3, -0.25) is 0 Å². The van der Waals surface area contributed by atoms with Crippen molar-refractivity contribution in [3.05, 3.63) is 192 Å². The average Bonchev–Trinajstić information content (AvgIpc) is 3.12. The number of hydrogen-bond acceptors (Lipinski definition) is 3. The molecule has 0 aliphatic carbocycles. The SMILES string of the molecule is c1ccc(-c2cc(-c3ccccc3)nc(-c3ccc4c(c3)C(c3ccccc3)(c3ccccc3)c3ccccc3O4)n2)cc1. The predicted octanol–water partition coefficient (Wildman–Crippen LogP) is 9.97. The monoisotopic (exact) mass is 564 g/mol. The largest absolute Gasteiger partial charge is 0.457 e. The van der Waals surface area contributed by atoms with Crippen LogP contribution in [0, 0.1) is 0 Å². The molecule has 7 aromatic rings. The summed E-state index contributed by atoms with van der Waals surface area (Å²) >= 11 is 0. The third-order valence-electron chi connectivity index (χ3n) is 8.43. The Kier molecular flexibility index (Phi) is 6.35. The van der Waals surface area contributed by atoms with Crippen molar-refractivity contribution in [2.75, 3.05) is 0 Å². The molecule has 0 spiro atoms. The van der Waals surface area contributed by atoms with E-state index in [9.17, 15) is 0 Å². The standard InChI is InChI=1S/C41H28N2O/c1-5-15-29(16-6-1)36-28-37(30-17-7-2-8-18-30)43-40(42-36)31-25-26-39-35(27-31)41(32-19-9-3-10-20-32,33-21-11-4-12-22-33)34-23-13-14-24-38(34)44-39/h1-28H. The lowest BCUT2D eigenvalue weighted by Crippen LogP contribution is -2.34. The Hall–Kier alpha value is -5.80. The third kappa shape index (κ3) is 4.29. The summed E-state index contributed by atoms with van der Waals surface area (Å²) < 4.78 is 6.61. The van der Waals surface area contributed by atoms with Gasteiger partial charge in [0.05, 0.1) is 16.8 Å². The summed E-state index contributed by atoms with van der Waals surface area (Å²) in [5, 5.41) is 0. The first-order valence-corrected chi connectivity index (χ1v) is 14.8. The number of fused-ring (bicyclic) bond motifs is 2. The Bertz CT molecular complexity index is 1980. The number of ether oxygens (including phenoxy) is 1. The lowest BCUT2D eigenvalue weighted by molar-refractivity contribution is 0.434. The van der Waals surface area contributed by atoms with Crippen molar-refractivity contribution in [2.45, 2.75) is 5.41 Å². The lowest BCUT2D eigenvalue weighted by Gasteiger charge is -2.41. The highest BCUT2D eigenvalue weighted by Gasteiger charge is 2.45. The van der Waals surface area contributed by atoms with Crippen molar-refractivity contribution >= 4 is 0 Å². The van der Waals surface area contributed by atoms with E-state index >= 15 is 0 Å². The topological polar surface area (TPSA) is 35.0 Å². The van der Waals surface area contributed by atoms with Crippen LogP contribution in [0.25, 0.3) is 33.9 Å². The lowest BCUT2D eigenvalue weighted by atomic mass is 9.63. The molecule has 0 amide bonds. The van der Waals surface area contributed by atoms with Crippen molar-refractivity contribution in [3.8, 4) is 45.4 Å². The zero-order valence-corrected chi connectivity index (χ0v) is 24.0. The fourth-order valence-corrected chi connectivity index (χ4v) is 6.44. The van der Waals surface area contributed by atoms with E-state index in [0.717, 1.165) is 50.7 Å². The van der Waals surface area contributed by atoms with Gasteiger partial charge in [-0.2, -0.15) is 0 Å². The summed E-state index contributed by atoms with van der Waals surface area (Å²) in [6.45, 7) is 0. The Morgan fingerprint density at radius 3 is 1.43 bits per heavy atom. The van der Waals surface area contributed by atoms with E-state index in [1.54, 1.807) is 0 Å². The molecule has 0 atom stereocenters. The van der Waals surface area contributed by atoms with Gasteiger partial charge < -0.3 is 4.74 Å². The van der Waals surface area contributed by atoms with E-state index < -0.39 is 5.41 Å². The number of para-hydroxylation sites is 1. The Morgan fingerprint density at radius 2 is 0.864 bits per heavy atom. The minimum atomic E-state index is -0.609. The van der Waals surface area contributed by atoms with Crippen LogP contribution in [0.15, 0.2) is 170 Å². The van der Waals surface area contributed by atoms with Crippen LogP contribution in [-0.2, 0) is 5.41 Å². The molecule has 1 aromatic heterocycles. The highest BCUT2D eigenvalue weighted by molar-refractivity contribution is 5.75. The van der Waals surface area contributed by atoms with Crippen molar-refractivity contribution in [1.82, 2.24) is 9.97 Å². The Balaban J connectivity index is 1.41. The molecule has 0 unspecified atom stereocenters. The quantitative estimate of drug-likeness (QED) is 0.209. The fraction of sp³-hybridized carbons (Fsp3) is 0.0244. The number of aromatic nitrogens is 2. The van der Waals surface area contributed by atoms with Crippen molar-refractivity contribution < 1.29 is 4.74 Å². The van der Waals surface area contributed by atoms with Crippen LogP contribution < -0.4 is 4.74 Å². The smallest absolute Gasteiger partial charge is 0.160 e. The summed E-state index contributed by atoms with van der Waals surface area (Å²) in [7, 11) is 0. The molecule has 2 heterocycles. The third-order valence-corrected chi connectivity index (χ3v) is 8.43. The van der Waals surface area contributed by atoms with Crippen molar-refractivity contribution in [3.63, 3.8) is 0 Å². The summed E-state index contributed by atoms with van der Waals surface area (Å²) in [5.74, 6) is 2.35. The highest BCUT2D eigenvalue weighted by Crippen LogP contribution is 2.55.